The molecule has 3 fully saturated rings. The van der Waals surface area contributed by atoms with E-state index in [1.165, 1.54) is 0 Å². The summed E-state index contributed by atoms with van der Waals surface area (Å²) in [4.78, 5) is 32.0. The number of urea groups is 1. The molecule has 0 unspecified atom stereocenters. The number of fused-ring (bicyclic) bond motifs is 1. The lowest BCUT2D eigenvalue weighted by molar-refractivity contribution is -0.119. The number of carbonyl (C=O) groups is 2. The fraction of sp³-hybridized carbons (Fsp3) is 0.826. The second-order valence-electron chi connectivity index (χ2n) is 9.03. The van der Waals surface area contributed by atoms with Gasteiger partial charge in [-0.2, -0.15) is 0 Å². The summed E-state index contributed by atoms with van der Waals surface area (Å²) in [6, 6.07) is 0.524. The SMILES string of the molecule is C=C1C[C@@H]2[C@@H](CC1=O)C[C@H](NC(=O)N(CC)CCN1CCCOCC1)CN2CCC. The van der Waals surface area contributed by atoms with Crippen LogP contribution >= 0.6 is 0 Å². The van der Waals surface area contributed by atoms with Crippen LogP contribution in [0, 0.1) is 5.92 Å². The van der Waals surface area contributed by atoms with Gasteiger partial charge in [-0.15, -0.1) is 0 Å². The number of nitrogens with one attached hydrogen (secondary N) is 1. The fourth-order valence-electron chi connectivity index (χ4n) is 5.18. The number of likely N-dealkylation sites (tertiary alicyclic amines) is 1. The van der Waals surface area contributed by atoms with Crippen molar-refractivity contribution in [2.75, 3.05) is 59.0 Å². The van der Waals surface area contributed by atoms with E-state index in [2.05, 4.69) is 28.6 Å². The number of likely N-dealkylation sites (N-methyl/N-ethyl adjacent to an activating group) is 1. The quantitative estimate of drug-likeness (QED) is 0.639. The van der Waals surface area contributed by atoms with E-state index in [1.54, 1.807) is 0 Å². The Balaban J connectivity index is 1.54. The van der Waals surface area contributed by atoms with E-state index in [4.69, 9.17) is 4.74 Å². The molecule has 7 heteroatoms. The van der Waals surface area contributed by atoms with Crippen molar-refractivity contribution in [2.24, 2.45) is 5.92 Å². The summed E-state index contributed by atoms with van der Waals surface area (Å²) in [5.41, 5.74) is 0.774. The second-order valence-corrected chi connectivity index (χ2v) is 9.03. The number of ketones is 1. The van der Waals surface area contributed by atoms with Crippen LogP contribution in [-0.2, 0) is 9.53 Å². The largest absolute Gasteiger partial charge is 0.380 e. The van der Waals surface area contributed by atoms with Crippen LogP contribution in [0.25, 0.3) is 0 Å². The Morgan fingerprint density at radius 3 is 2.83 bits per heavy atom. The summed E-state index contributed by atoms with van der Waals surface area (Å²) in [5, 5.41) is 3.29. The van der Waals surface area contributed by atoms with Gasteiger partial charge in [0.15, 0.2) is 5.78 Å². The topological polar surface area (TPSA) is 65.1 Å². The Bertz CT molecular complexity index is 603. The lowest BCUT2D eigenvalue weighted by atomic mass is 9.74. The maximum absolute atomic E-state index is 13.0. The highest BCUT2D eigenvalue weighted by atomic mass is 16.5. The van der Waals surface area contributed by atoms with Crippen molar-refractivity contribution < 1.29 is 14.3 Å². The summed E-state index contributed by atoms with van der Waals surface area (Å²) in [6.45, 7) is 16.0. The van der Waals surface area contributed by atoms with Gasteiger partial charge in [0, 0.05) is 64.4 Å². The standard InChI is InChI=1S/C23H40N4O3/c1-4-7-27-17-20(15-19-16-22(28)18(3)14-21(19)27)24-23(29)26(5-2)10-9-25-8-6-12-30-13-11-25/h19-21H,3-17H2,1-2H3,(H,24,29)/t19-,20+,21-/m1/s1. The smallest absolute Gasteiger partial charge is 0.317 e. The first-order valence-electron chi connectivity index (χ1n) is 11.8. The molecule has 3 atom stereocenters. The van der Waals surface area contributed by atoms with Gasteiger partial charge in [0.05, 0.1) is 6.61 Å². The van der Waals surface area contributed by atoms with E-state index in [1.807, 2.05) is 11.8 Å². The first kappa shape index (κ1) is 23.2. The van der Waals surface area contributed by atoms with Crippen molar-refractivity contribution in [3.63, 3.8) is 0 Å². The van der Waals surface area contributed by atoms with Crippen LogP contribution in [0.15, 0.2) is 12.2 Å². The maximum atomic E-state index is 13.0. The van der Waals surface area contributed by atoms with Gasteiger partial charge >= 0.3 is 6.03 Å². The Labute approximate surface area is 181 Å². The van der Waals surface area contributed by atoms with Crippen LogP contribution in [0.3, 0.4) is 0 Å². The zero-order valence-electron chi connectivity index (χ0n) is 18.9. The molecule has 0 aromatic carbocycles. The minimum atomic E-state index is 0.0232. The molecule has 0 aromatic rings. The predicted octanol–water partition coefficient (Wildman–Crippen LogP) is 2.13. The van der Waals surface area contributed by atoms with Crippen molar-refractivity contribution >= 4 is 11.8 Å². The van der Waals surface area contributed by atoms with Gasteiger partial charge in [0.25, 0.3) is 0 Å². The molecule has 7 nitrogen and oxygen atoms in total. The molecular weight excluding hydrogens is 380 g/mol. The zero-order chi connectivity index (χ0) is 21.5. The molecule has 0 spiro atoms. The molecule has 170 valence electrons. The van der Waals surface area contributed by atoms with E-state index in [0.717, 1.165) is 83.7 Å². The summed E-state index contributed by atoms with van der Waals surface area (Å²) in [7, 11) is 0. The molecule has 0 aromatic heterocycles. The molecule has 3 rings (SSSR count). The van der Waals surface area contributed by atoms with Gasteiger partial charge < -0.3 is 15.0 Å². The number of hydrogen-bond donors (Lipinski definition) is 1. The molecule has 1 saturated carbocycles. The summed E-state index contributed by atoms with van der Waals surface area (Å²) in [5.74, 6) is 0.525. The number of piperidine rings is 1. The lowest BCUT2D eigenvalue weighted by Gasteiger charge is -2.47. The molecule has 2 saturated heterocycles. The predicted molar refractivity (Wildman–Crippen MR) is 119 cm³/mol. The first-order chi connectivity index (χ1) is 14.5. The third-order valence-electron chi connectivity index (χ3n) is 6.86. The van der Waals surface area contributed by atoms with Crippen molar-refractivity contribution in [1.29, 1.82) is 0 Å². The molecule has 2 amide bonds. The highest BCUT2D eigenvalue weighted by Gasteiger charge is 2.41. The van der Waals surface area contributed by atoms with E-state index < -0.39 is 0 Å². The monoisotopic (exact) mass is 420 g/mol. The molecule has 1 aliphatic carbocycles. The molecule has 0 radical (unpaired) electrons. The van der Waals surface area contributed by atoms with Crippen LogP contribution in [0.4, 0.5) is 4.79 Å². The van der Waals surface area contributed by atoms with Crippen molar-refractivity contribution in [2.45, 2.75) is 58.0 Å². The molecule has 1 N–H and O–H groups in total. The highest BCUT2D eigenvalue weighted by Crippen LogP contribution is 2.35. The van der Waals surface area contributed by atoms with Crippen molar-refractivity contribution in [1.82, 2.24) is 20.0 Å². The molecule has 0 bridgehead atoms. The normalized spacial score (nSPS) is 28.7. The summed E-state index contributed by atoms with van der Waals surface area (Å²) in [6.07, 6.45) is 4.37. The summed E-state index contributed by atoms with van der Waals surface area (Å²) >= 11 is 0. The van der Waals surface area contributed by atoms with Gasteiger partial charge in [-0.25, -0.2) is 4.79 Å². The number of Topliss-reactive ketones (excluding diaryl/α,β-unsaturated/α-hetero) is 1. The van der Waals surface area contributed by atoms with E-state index >= 15 is 0 Å². The number of ether oxygens (including phenoxy) is 1. The third-order valence-corrected chi connectivity index (χ3v) is 6.86. The second kappa shape index (κ2) is 11.3. The lowest BCUT2D eigenvalue weighted by Crippen LogP contribution is -2.59. The van der Waals surface area contributed by atoms with Crippen molar-refractivity contribution in [3.8, 4) is 0 Å². The van der Waals surface area contributed by atoms with Crippen LogP contribution in [0.5, 0.6) is 0 Å². The number of amides is 2. The molecule has 2 heterocycles. The molecule has 2 aliphatic heterocycles. The van der Waals surface area contributed by atoms with Crippen LogP contribution < -0.4 is 5.32 Å². The first-order valence-corrected chi connectivity index (χ1v) is 11.8. The average molecular weight is 421 g/mol. The van der Waals surface area contributed by atoms with Gasteiger partial charge in [0.2, 0.25) is 0 Å². The fourth-order valence-corrected chi connectivity index (χ4v) is 5.18. The molecule has 30 heavy (non-hydrogen) atoms. The van der Waals surface area contributed by atoms with Crippen molar-refractivity contribution in [3.05, 3.63) is 12.2 Å². The Morgan fingerprint density at radius 1 is 1.23 bits per heavy atom. The Kier molecular flexibility index (Phi) is 8.72. The molecule has 3 aliphatic rings. The number of carbonyl (C=O) groups excluding carboxylic acids is 2. The van der Waals surface area contributed by atoms with Gasteiger partial charge in [-0.1, -0.05) is 13.5 Å². The van der Waals surface area contributed by atoms with E-state index in [9.17, 15) is 9.59 Å². The molecular formula is C23H40N4O3. The summed E-state index contributed by atoms with van der Waals surface area (Å²) < 4.78 is 5.52. The van der Waals surface area contributed by atoms with Crippen LogP contribution in [0.1, 0.15) is 46.0 Å². The average Bonchev–Trinajstić information content (AvgIpc) is 2.99. The van der Waals surface area contributed by atoms with E-state index in [0.29, 0.717) is 24.9 Å². The van der Waals surface area contributed by atoms with Crippen LogP contribution in [0.2, 0.25) is 0 Å². The van der Waals surface area contributed by atoms with Crippen LogP contribution in [-0.4, -0.2) is 97.6 Å². The Morgan fingerprint density at radius 2 is 2.07 bits per heavy atom. The minimum Gasteiger partial charge on any atom is -0.380 e. The van der Waals surface area contributed by atoms with Gasteiger partial charge in [0.1, 0.15) is 0 Å². The number of rotatable bonds is 7. The number of hydrogen-bond acceptors (Lipinski definition) is 5. The Hall–Kier alpha value is -1.44. The zero-order valence-corrected chi connectivity index (χ0v) is 18.9. The maximum Gasteiger partial charge on any atom is 0.317 e. The number of nitrogens with zero attached hydrogens (tertiary/aromatic N) is 3. The van der Waals surface area contributed by atoms with E-state index in [-0.39, 0.29) is 17.9 Å². The highest BCUT2D eigenvalue weighted by molar-refractivity contribution is 5.95. The third kappa shape index (κ3) is 6.05. The van der Waals surface area contributed by atoms with Gasteiger partial charge in [-0.3, -0.25) is 14.6 Å². The van der Waals surface area contributed by atoms with Gasteiger partial charge in [-0.05, 0) is 50.6 Å². The minimum absolute atomic E-state index is 0.0232.